The van der Waals surface area contributed by atoms with Gasteiger partial charge in [-0.2, -0.15) is 0 Å². The van der Waals surface area contributed by atoms with Gasteiger partial charge < -0.3 is 5.11 Å². The molecular weight excluding hydrogens is 253 g/mol. The van der Waals surface area contributed by atoms with Crippen molar-refractivity contribution in [1.82, 2.24) is 4.98 Å². The van der Waals surface area contributed by atoms with E-state index in [1.54, 1.807) is 18.3 Å². The standard InChI is InChI=1S/C9H7NO.In/c11-8-5-1-3-7-4-2-6-10-9(7)8;/h1-6,11H;/q;+3. The van der Waals surface area contributed by atoms with Gasteiger partial charge in [0.1, 0.15) is 11.3 Å². The predicted molar refractivity (Wildman–Crippen MR) is 49.2 cm³/mol. The van der Waals surface area contributed by atoms with E-state index in [1.165, 1.54) is 0 Å². The van der Waals surface area contributed by atoms with E-state index >= 15 is 0 Å². The van der Waals surface area contributed by atoms with Gasteiger partial charge in [-0.3, -0.25) is 4.98 Å². The average molecular weight is 260 g/mol. The Kier molecular flexibility index (Phi) is 2.98. The van der Waals surface area contributed by atoms with Gasteiger partial charge >= 0.3 is 25.8 Å². The van der Waals surface area contributed by atoms with Crippen LogP contribution >= 0.6 is 0 Å². The maximum Gasteiger partial charge on any atom is 3.00 e. The van der Waals surface area contributed by atoms with Gasteiger partial charge in [0.25, 0.3) is 0 Å². The minimum Gasteiger partial charge on any atom is -0.506 e. The molecule has 54 valence electrons. The molecule has 1 heterocycles. The molecule has 2 rings (SSSR count). The van der Waals surface area contributed by atoms with Crippen molar-refractivity contribution in [3.8, 4) is 5.75 Å². The fourth-order valence-electron chi connectivity index (χ4n) is 1.09. The van der Waals surface area contributed by atoms with Crippen LogP contribution in [0.3, 0.4) is 0 Å². The monoisotopic (exact) mass is 260 g/mol. The third-order valence-corrected chi connectivity index (χ3v) is 1.61. The van der Waals surface area contributed by atoms with Gasteiger partial charge in [0.2, 0.25) is 0 Å². The minimum atomic E-state index is 0. The molecule has 0 saturated carbocycles. The predicted octanol–water partition coefficient (Wildman–Crippen LogP) is 1.56. The van der Waals surface area contributed by atoms with Crippen LogP contribution in [0.2, 0.25) is 0 Å². The van der Waals surface area contributed by atoms with Crippen LogP contribution in [0, 0.1) is 0 Å². The first-order valence-corrected chi connectivity index (χ1v) is 3.40. The summed E-state index contributed by atoms with van der Waals surface area (Å²) in [4.78, 5) is 4.03. The maximum atomic E-state index is 9.31. The van der Waals surface area contributed by atoms with E-state index in [4.69, 9.17) is 0 Å². The topological polar surface area (TPSA) is 33.1 Å². The molecule has 1 aromatic carbocycles. The Labute approximate surface area is 89.0 Å². The van der Waals surface area contributed by atoms with E-state index in [-0.39, 0.29) is 31.6 Å². The van der Waals surface area contributed by atoms with Crippen molar-refractivity contribution >= 4 is 36.7 Å². The van der Waals surface area contributed by atoms with Crippen LogP contribution in [0.15, 0.2) is 36.5 Å². The van der Waals surface area contributed by atoms with Crippen LogP contribution < -0.4 is 0 Å². The Morgan fingerprint density at radius 3 is 2.58 bits per heavy atom. The maximum absolute atomic E-state index is 9.31. The summed E-state index contributed by atoms with van der Waals surface area (Å²) in [6.45, 7) is 0. The van der Waals surface area contributed by atoms with E-state index in [1.807, 2.05) is 18.2 Å². The molecule has 0 fully saturated rings. The largest absolute Gasteiger partial charge is 3.00 e. The van der Waals surface area contributed by atoms with Crippen molar-refractivity contribution in [3.63, 3.8) is 0 Å². The average Bonchev–Trinajstić information content (AvgIpc) is 2.06. The summed E-state index contributed by atoms with van der Waals surface area (Å²) < 4.78 is 0. The summed E-state index contributed by atoms with van der Waals surface area (Å²) in [5.74, 6) is 0.239. The normalized spacial score (nSPS) is 9.33. The van der Waals surface area contributed by atoms with Crippen molar-refractivity contribution < 1.29 is 5.11 Å². The number of aromatic nitrogens is 1. The number of rotatable bonds is 0. The van der Waals surface area contributed by atoms with Crippen molar-refractivity contribution in [1.29, 1.82) is 0 Å². The summed E-state index contributed by atoms with van der Waals surface area (Å²) in [5.41, 5.74) is 0.662. The number of phenols is 1. The number of aromatic hydroxyl groups is 1. The van der Waals surface area contributed by atoms with E-state index in [0.29, 0.717) is 5.52 Å². The number of hydrogen-bond donors (Lipinski definition) is 1. The van der Waals surface area contributed by atoms with Gasteiger partial charge in [0, 0.05) is 11.6 Å². The minimum absolute atomic E-state index is 0. The van der Waals surface area contributed by atoms with E-state index in [2.05, 4.69) is 4.98 Å². The Balaban J connectivity index is 0.000000720. The molecule has 0 aliphatic rings. The Morgan fingerprint density at radius 2 is 1.83 bits per heavy atom. The Hall–Kier alpha value is -0.700. The van der Waals surface area contributed by atoms with Gasteiger partial charge in [-0.1, -0.05) is 18.2 Å². The smallest absolute Gasteiger partial charge is 0.506 e. The van der Waals surface area contributed by atoms with Crippen molar-refractivity contribution in [3.05, 3.63) is 36.5 Å². The molecule has 0 aliphatic heterocycles. The number of benzene rings is 1. The van der Waals surface area contributed by atoms with Crippen molar-refractivity contribution in [2.24, 2.45) is 0 Å². The summed E-state index contributed by atoms with van der Waals surface area (Å²) in [6, 6.07) is 9.13. The fourth-order valence-corrected chi connectivity index (χ4v) is 1.09. The molecule has 1 N–H and O–H groups in total. The van der Waals surface area contributed by atoms with Crippen LogP contribution in [0.4, 0.5) is 0 Å². The zero-order valence-corrected chi connectivity index (χ0v) is 9.73. The summed E-state index contributed by atoms with van der Waals surface area (Å²) >= 11 is 0. The van der Waals surface area contributed by atoms with Crippen LogP contribution in [-0.4, -0.2) is 35.9 Å². The Morgan fingerprint density at radius 1 is 1.08 bits per heavy atom. The number of hydrogen-bond acceptors (Lipinski definition) is 2. The molecule has 2 aromatic rings. The molecule has 0 bridgehead atoms. The molecule has 12 heavy (non-hydrogen) atoms. The second kappa shape index (κ2) is 3.81. The number of fused-ring (bicyclic) bond motifs is 1. The molecule has 2 nitrogen and oxygen atoms in total. The molecule has 0 spiro atoms. The number of pyridine rings is 1. The first-order valence-electron chi connectivity index (χ1n) is 3.40. The second-order valence-electron chi connectivity index (χ2n) is 2.35. The van der Waals surface area contributed by atoms with E-state index in [9.17, 15) is 5.11 Å². The van der Waals surface area contributed by atoms with Crippen LogP contribution in [0.1, 0.15) is 0 Å². The van der Waals surface area contributed by atoms with Gasteiger partial charge in [-0.15, -0.1) is 0 Å². The van der Waals surface area contributed by atoms with E-state index < -0.39 is 0 Å². The van der Waals surface area contributed by atoms with Crippen LogP contribution in [0.5, 0.6) is 5.75 Å². The molecule has 0 aliphatic carbocycles. The van der Waals surface area contributed by atoms with Gasteiger partial charge in [-0.05, 0) is 12.1 Å². The van der Waals surface area contributed by atoms with Gasteiger partial charge in [0.15, 0.2) is 0 Å². The summed E-state index contributed by atoms with van der Waals surface area (Å²) in [6.07, 6.45) is 1.67. The quantitative estimate of drug-likeness (QED) is 0.779. The van der Waals surface area contributed by atoms with E-state index in [0.717, 1.165) is 5.39 Å². The Bertz CT molecular complexity index is 384. The molecule has 0 unspecified atom stereocenters. The number of nitrogens with zero attached hydrogens (tertiary/aromatic N) is 1. The third-order valence-electron chi connectivity index (χ3n) is 1.61. The molecule has 1 aromatic heterocycles. The third kappa shape index (κ3) is 1.55. The van der Waals surface area contributed by atoms with Gasteiger partial charge in [-0.25, -0.2) is 0 Å². The zero-order valence-electron chi connectivity index (χ0n) is 6.44. The molecular formula is C9H7InNO+3. The molecule has 3 heteroatoms. The molecule has 0 amide bonds. The number of para-hydroxylation sites is 1. The van der Waals surface area contributed by atoms with Crippen molar-refractivity contribution in [2.75, 3.05) is 0 Å². The summed E-state index contributed by atoms with van der Waals surface area (Å²) in [7, 11) is 0. The van der Waals surface area contributed by atoms with Crippen LogP contribution in [-0.2, 0) is 0 Å². The fraction of sp³-hybridized carbons (Fsp3) is 0. The SMILES string of the molecule is Oc1cccc2cccnc12.[In+3]. The second-order valence-corrected chi connectivity index (χ2v) is 2.35. The number of phenolic OH excluding ortho intramolecular Hbond substituents is 1. The zero-order chi connectivity index (χ0) is 7.68. The molecule has 0 atom stereocenters. The molecule has 0 radical (unpaired) electrons. The van der Waals surface area contributed by atoms with Gasteiger partial charge in [0.05, 0.1) is 0 Å². The van der Waals surface area contributed by atoms with Crippen molar-refractivity contribution in [2.45, 2.75) is 0 Å². The summed E-state index contributed by atoms with van der Waals surface area (Å²) in [5, 5.41) is 10.3. The first-order chi connectivity index (χ1) is 5.38. The molecule has 0 saturated heterocycles. The first kappa shape index (κ1) is 9.39. The van der Waals surface area contributed by atoms with Crippen LogP contribution in [0.25, 0.3) is 10.9 Å².